The molecule has 3 rings (SSSR count). The van der Waals surface area contributed by atoms with Crippen LogP contribution in [0.3, 0.4) is 0 Å². The van der Waals surface area contributed by atoms with Crippen LogP contribution >= 0.6 is 25.0 Å². The van der Waals surface area contributed by atoms with E-state index in [4.69, 9.17) is 0 Å². The van der Waals surface area contributed by atoms with E-state index in [2.05, 4.69) is 17.5 Å². The highest BCUT2D eigenvalue weighted by Gasteiger charge is 2.40. The van der Waals surface area contributed by atoms with Crippen LogP contribution in [-0.4, -0.2) is 29.0 Å². The normalized spacial score (nSPS) is 21.6. The number of carbonyl (C=O) groups is 1. The molecule has 2 fully saturated rings. The van der Waals surface area contributed by atoms with Gasteiger partial charge in [-0.3, -0.25) is 9.69 Å². The summed E-state index contributed by atoms with van der Waals surface area (Å²) in [4.78, 5) is 14.8. The molecule has 1 aliphatic heterocycles. The summed E-state index contributed by atoms with van der Waals surface area (Å²) in [5.41, 5.74) is 0.544. The second kappa shape index (κ2) is 7.12. The van der Waals surface area contributed by atoms with E-state index in [1.165, 1.54) is 6.07 Å². The molecular formula is C16H21ClFNOS. The van der Waals surface area contributed by atoms with Gasteiger partial charge in [0.05, 0.1) is 6.04 Å². The van der Waals surface area contributed by atoms with Crippen molar-refractivity contribution in [2.75, 3.05) is 13.1 Å². The number of carbonyl (C=O) groups excluding carboxylic acids is 1. The summed E-state index contributed by atoms with van der Waals surface area (Å²) in [5, 5.41) is 0.406. The molecule has 1 aromatic rings. The van der Waals surface area contributed by atoms with Crippen molar-refractivity contribution in [2.24, 2.45) is 5.92 Å². The van der Waals surface area contributed by atoms with Crippen molar-refractivity contribution in [1.82, 2.24) is 4.90 Å². The van der Waals surface area contributed by atoms with Gasteiger partial charge in [0.25, 0.3) is 0 Å². The van der Waals surface area contributed by atoms with Gasteiger partial charge in [0.2, 0.25) is 0 Å². The zero-order chi connectivity index (χ0) is 14.1. The van der Waals surface area contributed by atoms with E-state index in [0.717, 1.165) is 38.8 Å². The van der Waals surface area contributed by atoms with Crippen LogP contribution in [0.4, 0.5) is 4.39 Å². The Balaban J connectivity index is 0.00000161. The van der Waals surface area contributed by atoms with Gasteiger partial charge in [0.1, 0.15) is 5.82 Å². The summed E-state index contributed by atoms with van der Waals surface area (Å²) in [7, 11) is 0. The van der Waals surface area contributed by atoms with E-state index in [-0.39, 0.29) is 29.9 Å². The van der Waals surface area contributed by atoms with Crippen LogP contribution in [0.1, 0.15) is 37.3 Å². The number of halogens is 2. The van der Waals surface area contributed by atoms with Crippen LogP contribution in [0.5, 0.6) is 0 Å². The number of hydrogen-bond donors (Lipinski definition) is 1. The lowest BCUT2D eigenvalue weighted by atomic mass is 9.95. The fourth-order valence-corrected chi connectivity index (χ4v) is 3.19. The molecule has 0 bridgehead atoms. The first-order chi connectivity index (χ1) is 9.66. The molecule has 0 spiro atoms. The number of ketones is 1. The fraction of sp³-hybridized carbons (Fsp3) is 0.562. The van der Waals surface area contributed by atoms with Gasteiger partial charge < -0.3 is 0 Å². The molecule has 1 atom stereocenters. The average Bonchev–Trinajstić information content (AvgIpc) is 3.27. The Morgan fingerprint density at radius 1 is 1.19 bits per heavy atom. The van der Waals surface area contributed by atoms with Gasteiger partial charge in [-0.25, -0.2) is 4.39 Å². The number of thiol groups is 1. The third kappa shape index (κ3) is 3.79. The highest BCUT2D eigenvalue weighted by atomic mass is 35.5. The summed E-state index contributed by atoms with van der Waals surface area (Å²) >= 11 is 4.50. The molecule has 0 N–H and O–H groups in total. The molecular weight excluding hydrogens is 309 g/mol. The van der Waals surface area contributed by atoms with Crippen molar-refractivity contribution in [1.29, 1.82) is 0 Å². The maximum absolute atomic E-state index is 14.1. The largest absolute Gasteiger partial charge is 0.297 e. The second-order valence-corrected chi connectivity index (χ2v) is 6.60. The minimum absolute atomic E-state index is 0. The maximum Gasteiger partial charge on any atom is 0.157 e. The van der Waals surface area contributed by atoms with Gasteiger partial charge in [-0.05, 0) is 31.7 Å². The molecule has 0 aromatic heterocycles. The average molecular weight is 330 g/mol. The second-order valence-electron chi connectivity index (χ2n) is 5.87. The smallest absolute Gasteiger partial charge is 0.157 e. The Morgan fingerprint density at radius 2 is 1.81 bits per heavy atom. The number of benzene rings is 1. The Labute approximate surface area is 136 Å². The highest BCUT2D eigenvalue weighted by molar-refractivity contribution is 7.80. The molecule has 5 heteroatoms. The van der Waals surface area contributed by atoms with Gasteiger partial charge in [-0.2, -0.15) is 12.6 Å². The van der Waals surface area contributed by atoms with Crippen molar-refractivity contribution in [3.8, 4) is 0 Å². The number of likely N-dealkylation sites (tertiary alicyclic amines) is 1. The molecule has 1 aliphatic carbocycles. The SMILES string of the molecule is Cl.O=C(C1CC1)C(c1ccccc1F)N1CCC(S)CC1. The van der Waals surface area contributed by atoms with Crippen LogP contribution in [0.15, 0.2) is 24.3 Å². The third-order valence-electron chi connectivity index (χ3n) is 4.31. The number of nitrogens with zero attached hydrogens (tertiary/aromatic N) is 1. The van der Waals surface area contributed by atoms with Crippen molar-refractivity contribution in [2.45, 2.75) is 37.0 Å². The Morgan fingerprint density at radius 3 is 2.38 bits per heavy atom. The summed E-state index contributed by atoms with van der Waals surface area (Å²) in [6, 6.07) is 6.31. The molecule has 1 saturated carbocycles. The number of piperidine rings is 1. The van der Waals surface area contributed by atoms with E-state index in [9.17, 15) is 9.18 Å². The lowest BCUT2D eigenvalue weighted by Gasteiger charge is -2.36. The molecule has 1 aromatic carbocycles. The number of rotatable bonds is 4. The minimum Gasteiger partial charge on any atom is -0.297 e. The first-order valence-electron chi connectivity index (χ1n) is 7.37. The van der Waals surface area contributed by atoms with Gasteiger partial charge in [-0.15, -0.1) is 12.4 Å². The first-order valence-corrected chi connectivity index (χ1v) is 7.88. The van der Waals surface area contributed by atoms with Crippen LogP contribution in [-0.2, 0) is 4.79 Å². The predicted molar refractivity (Wildman–Crippen MR) is 87.7 cm³/mol. The van der Waals surface area contributed by atoms with E-state index in [1.54, 1.807) is 12.1 Å². The maximum atomic E-state index is 14.1. The predicted octanol–water partition coefficient (Wildman–Crippen LogP) is 3.66. The van der Waals surface area contributed by atoms with Gasteiger partial charge >= 0.3 is 0 Å². The Hall–Kier alpha value is -0.580. The molecule has 116 valence electrons. The first kappa shape index (κ1) is 16.8. The van der Waals surface area contributed by atoms with Gasteiger partial charge in [0.15, 0.2) is 5.78 Å². The Bertz CT molecular complexity index is 501. The Kier molecular flexibility index (Phi) is 5.69. The van der Waals surface area contributed by atoms with Crippen molar-refractivity contribution in [3.05, 3.63) is 35.6 Å². The summed E-state index contributed by atoms with van der Waals surface area (Å²) < 4.78 is 14.1. The van der Waals surface area contributed by atoms with Crippen molar-refractivity contribution < 1.29 is 9.18 Å². The molecule has 0 radical (unpaired) electrons. The quantitative estimate of drug-likeness (QED) is 0.851. The monoisotopic (exact) mass is 329 g/mol. The fourth-order valence-electron chi connectivity index (χ4n) is 2.96. The van der Waals surface area contributed by atoms with Crippen molar-refractivity contribution >= 4 is 30.8 Å². The molecule has 1 saturated heterocycles. The zero-order valence-corrected chi connectivity index (χ0v) is 13.6. The minimum atomic E-state index is -0.399. The highest BCUT2D eigenvalue weighted by Crippen LogP contribution is 2.38. The van der Waals surface area contributed by atoms with E-state index in [0.29, 0.717) is 10.8 Å². The standard InChI is InChI=1S/C16H20FNOS.ClH/c17-14-4-2-1-3-13(14)15(16(19)11-5-6-11)18-9-7-12(20)8-10-18;/h1-4,11-12,15,20H,5-10H2;1H. The molecule has 2 nitrogen and oxygen atoms in total. The van der Waals surface area contributed by atoms with Crippen LogP contribution in [0.25, 0.3) is 0 Å². The van der Waals surface area contributed by atoms with E-state index in [1.807, 2.05) is 6.07 Å². The van der Waals surface area contributed by atoms with E-state index >= 15 is 0 Å². The number of Topliss-reactive ketones (excluding diaryl/α,β-unsaturated/α-hetero) is 1. The molecule has 21 heavy (non-hydrogen) atoms. The van der Waals surface area contributed by atoms with Crippen LogP contribution in [0, 0.1) is 11.7 Å². The lowest BCUT2D eigenvalue weighted by Crippen LogP contribution is -2.41. The third-order valence-corrected chi connectivity index (χ3v) is 4.83. The zero-order valence-electron chi connectivity index (χ0n) is 11.9. The topological polar surface area (TPSA) is 20.3 Å². The lowest BCUT2D eigenvalue weighted by molar-refractivity contribution is -0.126. The summed E-state index contributed by atoms with van der Waals surface area (Å²) in [6.07, 6.45) is 3.86. The van der Waals surface area contributed by atoms with Gasteiger partial charge in [-0.1, -0.05) is 18.2 Å². The summed E-state index contributed by atoms with van der Waals surface area (Å²) in [6.45, 7) is 1.65. The molecule has 2 aliphatic rings. The van der Waals surface area contributed by atoms with Crippen LogP contribution in [0.2, 0.25) is 0 Å². The van der Waals surface area contributed by atoms with Gasteiger partial charge in [0, 0.05) is 29.8 Å². The number of hydrogen-bond acceptors (Lipinski definition) is 3. The molecule has 1 unspecified atom stereocenters. The van der Waals surface area contributed by atoms with E-state index < -0.39 is 6.04 Å². The molecule has 1 heterocycles. The van der Waals surface area contributed by atoms with Crippen LogP contribution < -0.4 is 0 Å². The molecule has 0 amide bonds. The van der Waals surface area contributed by atoms with Crippen molar-refractivity contribution in [3.63, 3.8) is 0 Å². The summed E-state index contributed by atoms with van der Waals surface area (Å²) in [5.74, 6) is 0.0838.